The number of aromatic nitrogens is 2. The number of piperidine rings is 1. The van der Waals surface area contributed by atoms with Gasteiger partial charge >= 0.3 is 0 Å². The quantitative estimate of drug-likeness (QED) is 0.740. The number of rotatable bonds is 6. The molecule has 7 heteroatoms. The molecule has 0 saturated carbocycles. The Labute approximate surface area is 146 Å². The molecule has 1 aromatic carbocycles. The van der Waals surface area contributed by atoms with E-state index < -0.39 is 5.60 Å². The van der Waals surface area contributed by atoms with Crippen LogP contribution in [-0.4, -0.2) is 44.8 Å². The van der Waals surface area contributed by atoms with Crippen molar-refractivity contribution in [2.24, 2.45) is 0 Å². The Morgan fingerprint density at radius 3 is 2.96 bits per heavy atom. The van der Waals surface area contributed by atoms with Gasteiger partial charge in [-0.25, -0.2) is 4.39 Å². The number of aliphatic hydroxyl groups is 1. The normalized spacial score (nSPS) is 20.9. The number of carbonyl (C=O) groups is 1. The van der Waals surface area contributed by atoms with Gasteiger partial charge in [-0.1, -0.05) is 18.2 Å². The molecule has 1 atom stereocenters. The number of carbonyl (C=O) groups excluding carboxylic acids is 1. The van der Waals surface area contributed by atoms with E-state index >= 15 is 0 Å². The molecule has 2 aromatic rings. The SMILES string of the molecule is Cc1cc(CNCC2(O)CCCN(Cc3ccccc3F)C2=O)n[nH]1. The van der Waals surface area contributed by atoms with E-state index in [1.807, 2.05) is 13.0 Å². The average Bonchev–Trinajstić information content (AvgIpc) is 2.99. The van der Waals surface area contributed by atoms with Crippen molar-refractivity contribution in [1.29, 1.82) is 0 Å². The average molecular weight is 346 g/mol. The van der Waals surface area contributed by atoms with Crippen molar-refractivity contribution in [3.05, 3.63) is 53.1 Å². The molecule has 134 valence electrons. The Hall–Kier alpha value is -2.25. The van der Waals surface area contributed by atoms with Crippen LogP contribution in [0, 0.1) is 12.7 Å². The Kier molecular flexibility index (Phi) is 5.15. The highest BCUT2D eigenvalue weighted by atomic mass is 19.1. The number of benzene rings is 1. The first-order valence-corrected chi connectivity index (χ1v) is 8.45. The number of halogens is 1. The van der Waals surface area contributed by atoms with Crippen molar-refractivity contribution in [1.82, 2.24) is 20.4 Å². The Morgan fingerprint density at radius 1 is 1.44 bits per heavy atom. The molecule has 0 aliphatic carbocycles. The van der Waals surface area contributed by atoms with E-state index in [2.05, 4.69) is 15.5 Å². The van der Waals surface area contributed by atoms with Crippen molar-refractivity contribution >= 4 is 5.91 Å². The minimum absolute atomic E-state index is 0.144. The first-order valence-electron chi connectivity index (χ1n) is 8.45. The summed E-state index contributed by atoms with van der Waals surface area (Å²) in [7, 11) is 0. The zero-order valence-electron chi connectivity index (χ0n) is 14.3. The van der Waals surface area contributed by atoms with Gasteiger partial charge in [-0.15, -0.1) is 0 Å². The molecular weight excluding hydrogens is 323 g/mol. The number of aryl methyl sites for hydroxylation is 1. The van der Waals surface area contributed by atoms with Gasteiger partial charge in [0, 0.05) is 37.4 Å². The largest absolute Gasteiger partial charge is 0.379 e. The summed E-state index contributed by atoms with van der Waals surface area (Å²) in [4.78, 5) is 14.2. The maximum Gasteiger partial charge on any atom is 0.256 e. The molecule has 1 aliphatic rings. The van der Waals surface area contributed by atoms with E-state index in [9.17, 15) is 14.3 Å². The fraction of sp³-hybridized carbons (Fsp3) is 0.444. The standard InChI is InChI=1S/C18H23FN4O2/c1-13-9-15(22-21-13)10-20-12-18(25)7-4-8-23(17(18)24)11-14-5-2-3-6-16(14)19/h2-3,5-6,9,20,25H,4,7-8,10-12H2,1H3,(H,21,22). The number of likely N-dealkylation sites (tertiary alicyclic amines) is 1. The molecule has 0 radical (unpaired) electrons. The highest BCUT2D eigenvalue weighted by molar-refractivity contribution is 5.86. The summed E-state index contributed by atoms with van der Waals surface area (Å²) in [6.45, 7) is 3.22. The number of hydrogen-bond acceptors (Lipinski definition) is 4. The fourth-order valence-electron chi connectivity index (χ4n) is 3.17. The second-order valence-corrected chi connectivity index (χ2v) is 6.60. The molecule has 3 rings (SSSR count). The van der Waals surface area contributed by atoms with Gasteiger partial charge in [0.25, 0.3) is 5.91 Å². The predicted molar refractivity (Wildman–Crippen MR) is 91.0 cm³/mol. The minimum Gasteiger partial charge on any atom is -0.379 e. The van der Waals surface area contributed by atoms with Gasteiger partial charge in [0.1, 0.15) is 5.82 Å². The third-order valence-corrected chi connectivity index (χ3v) is 4.51. The topological polar surface area (TPSA) is 81.2 Å². The lowest BCUT2D eigenvalue weighted by molar-refractivity contribution is -0.157. The predicted octanol–water partition coefficient (Wildman–Crippen LogP) is 1.50. The molecule has 25 heavy (non-hydrogen) atoms. The van der Waals surface area contributed by atoms with Crippen LogP contribution in [0.4, 0.5) is 4.39 Å². The van der Waals surface area contributed by atoms with E-state index in [-0.39, 0.29) is 24.8 Å². The van der Waals surface area contributed by atoms with Gasteiger partial charge in [0.15, 0.2) is 5.60 Å². The number of aromatic amines is 1. The van der Waals surface area contributed by atoms with E-state index in [1.165, 1.54) is 11.0 Å². The lowest BCUT2D eigenvalue weighted by atomic mass is 9.91. The molecule has 1 fully saturated rings. The van der Waals surface area contributed by atoms with Crippen molar-refractivity contribution < 1.29 is 14.3 Å². The van der Waals surface area contributed by atoms with Crippen LogP contribution in [0.1, 0.15) is 29.8 Å². The summed E-state index contributed by atoms with van der Waals surface area (Å²) >= 11 is 0. The molecule has 1 unspecified atom stereocenters. The molecule has 1 aromatic heterocycles. The summed E-state index contributed by atoms with van der Waals surface area (Å²) < 4.78 is 13.8. The number of amides is 1. The van der Waals surface area contributed by atoms with Gasteiger partial charge in [-0.3, -0.25) is 9.89 Å². The lowest BCUT2D eigenvalue weighted by Crippen LogP contribution is -2.57. The number of nitrogens with zero attached hydrogens (tertiary/aromatic N) is 2. The summed E-state index contributed by atoms with van der Waals surface area (Å²) in [5.41, 5.74) is 0.780. The number of hydrogen-bond donors (Lipinski definition) is 3. The number of nitrogens with one attached hydrogen (secondary N) is 2. The van der Waals surface area contributed by atoms with E-state index in [0.717, 1.165) is 11.4 Å². The lowest BCUT2D eigenvalue weighted by Gasteiger charge is -2.38. The summed E-state index contributed by atoms with van der Waals surface area (Å²) in [5, 5.41) is 20.8. The van der Waals surface area contributed by atoms with E-state index in [0.29, 0.717) is 31.5 Å². The molecule has 2 heterocycles. The van der Waals surface area contributed by atoms with Crippen molar-refractivity contribution in [3.63, 3.8) is 0 Å². The van der Waals surface area contributed by atoms with Crippen molar-refractivity contribution in [3.8, 4) is 0 Å². The molecule has 1 aliphatic heterocycles. The molecule has 1 amide bonds. The Bertz CT molecular complexity index is 748. The molecule has 1 saturated heterocycles. The minimum atomic E-state index is -1.46. The highest BCUT2D eigenvalue weighted by Crippen LogP contribution is 2.24. The van der Waals surface area contributed by atoms with Gasteiger partial charge < -0.3 is 15.3 Å². The molecule has 3 N–H and O–H groups in total. The Morgan fingerprint density at radius 2 is 2.24 bits per heavy atom. The monoisotopic (exact) mass is 346 g/mol. The first kappa shape index (κ1) is 17.6. The smallest absolute Gasteiger partial charge is 0.256 e. The van der Waals surface area contributed by atoms with Crippen molar-refractivity contribution in [2.45, 2.75) is 38.5 Å². The third kappa shape index (κ3) is 4.05. The van der Waals surface area contributed by atoms with Gasteiger partial charge in [0.05, 0.1) is 5.69 Å². The second kappa shape index (κ2) is 7.33. The van der Waals surface area contributed by atoms with Crippen LogP contribution in [0.25, 0.3) is 0 Å². The number of H-pyrrole nitrogens is 1. The van der Waals surface area contributed by atoms with Gasteiger partial charge in [0.2, 0.25) is 0 Å². The molecule has 6 nitrogen and oxygen atoms in total. The van der Waals surface area contributed by atoms with E-state index in [1.54, 1.807) is 18.2 Å². The molecular formula is C18H23FN4O2. The zero-order valence-corrected chi connectivity index (χ0v) is 14.3. The van der Waals surface area contributed by atoms with E-state index in [4.69, 9.17) is 0 Å². The van der Waals surface area contributed by atoms with Crippen molar-refractivity contribution in [2.75, 3.05) is 13.1 Å². The maximum atomic E-state index is 13.8. The maximum absolute atomic E-state index is 13.8. The van der Waals surface area contributed by atoms with Crippen LogP contribution in [0.5, 0.6) is 0 Å². The van der Waals surface area contributed by atoms with Gasteiger partial charge in [-0.2, -0.15) is 5.10 Å². The van der Waals surface area contributed by atoms with Crippen LogP contribution < -0.4 is 5.32 Å². The molecule has 0 bridgehead atoms. The molecule has 0 spiro atoms. The third-order valence-electron chi connectivity index (χ3n) is 4.51. The van der Waals surface area contributed by atoms with Crippen LogP contribution in [0.15, 0.2) is 30.3 Å². The van der Waals surface area contributed by atoms with Crippen LogP contribution in [0.2, 0.25) is 0 Å². The van der Waals surface area contributed by atoms with Crippen LogP contribution >= 0.6 is 0 Å². The zero-order chi connectivity index (χ0) is 17.9. The summed E-state index contributed by atoms with van der Waals surface area (Å²) in [6.07, 6.45) is 1.08. The fourth-order valence-corrected chi connectivity index (χ4v) is 3.17. The van der Waals surface area contributed by atoms with Gasteiger partial charge in [-0.05, 0) is 31.9 Å². The highest BCUT2D eigenvalue weighted by Gasteiger charge is 2.41. The van der Waals surface area contributed by atoms with Crippen LogP contribution in [0.3, 0.4) is 0 Å². The second-order valence-electron chi connectivity index (χ2n) is 6.60. The summed E-state index contributed by atoms with van der Waals surface area (Å²) in [6, 6.07) is 8.31. The Balaban J connectivity index is 1.61. The summed E-state index contributed by atoms with van der Waals surface area (Å²) in [5.74, 6) is -0.691. The van der Waals surface area contributed by atoms with Crippen LogP contribution in [-0.2, 0) is 17.9 Å². The first-order chi connectivity index (χ1) is 12.0.